The van der Waals surface area contributed by atoms with Crippen molar-refractivity contribution in [3.63, 3.8) is 0 Å². The molecule has 7 nitrogen and oxygen atoms in total. The van der Waals surface area contributed by atoms with Crippen molar-refractivity contribution in [3.8, 4) is 0 Å². The number of rotatable bonds is 5. The Morgan fingerprint density at radius 3 is 2.59 bits per heavy atom. The first kappa shape index (κ1) is 20.9. The maximum Gasteiger partial charge on any atom is 0.271 e. The van der Waals surface area contributed by atoms with Gasteiger partial charge in [-0.25, -0.2) is 0 Å². The van der Waals surface area contributed by atoms with Gasteiger partial charge in [-0.05, 0) is 24.0 Å². The molecule has 0 fully saturated rings. The summed E-state index contributed by atoms with van der Waals surface area (Å²) >= 11 is 0. The van der Waals surface area contributed by atoms with Gasteiger partial charge in [0.1, 0.15) is 5.69 Å². The van der Waals surface area contributed by atoms with E-state index < -0.39 is 0 Å². The van der Waals surface area contributed by atoms with E-state index in [0.717, 1.165) is 5.56 Å². The van der Waals surface area contributed by atoms with Gasteiger partial charge in [0.25, 0.3) is 11.8 Å². The van der Waals surface area contributed by atoms with Crippen molar-refractivity contribution < 1.29 is 9.59 Å². The highest BCUT2D eigenvalue weighted by atomic mass is 35.5. The van der Waals surface area contributed by atoms with Gasteiger partial charge in [0.15, 0.2) is 5.69 Å². The molecule has 1 aromatic heterocycles. The highest BCUT2D eigenvalue weighted by Gasteiger charge is 2.25. The third-order valence-electron chi connectivity index (χ3n) is 4.58. The molecule has 1 aliphatic rings. The van der Waals surface area contributed by atoms with Gasteiger partial charge in [0.05, 0.1) is 6.54 Å². The fraction of sp³-hybridized carbons (Fsp3) is 0.421. The van der Waals surface area contributed by atoms with Crippen LogP contribution in [0.5, 0.6) is 0 Å². The number of amides is 2. The summed E-state index contributed by atoms with van der Waals surface area (Å²) in [7, 11) is 0. The second-order valence-corrected chi connectivity index (χ2v) is 7.11. The van der Waals surface area contributed by atoms with Gasteiger partial charge in [0.2, 0.25) is 0 Å². The van der Waals surface area contributed by atoms with Gasteiger partial charge in [0, 0.05) is 24.7 Å². The SMILES string of the molecule is CC1Cn2nc(C(=O)NCC(N)c3ccc(C(C)C)cc3)cc2C(=O)N1.Cl. The van der Waals surface area contributed by atoms with Crippen molar-refractivity contribution in [2.75, 3.05) is 6.54 Å². The first-order valence-electron chi connectivity index (χ1n) is 8.87. The minimum atomic E-state index is -0.332. The summed E-state index contributed by atoms with van der Waals surface area (Å²) in [6.45, 7) is 7.02. The number of carbonyl (C=O) groups is 2. The smallest absolute Gasteiger partial charge is 0.271 e. The van der Waals surface area contributed by atoms with Crippen LogP contribution in [0.25, 0.3) is 0 Å². The maximum absolute atomic E-state index is 12.4. The molecule has 8 heteroatoms. The molecule has 146 valence electrons. The molecule has 2 unspecified atom stereocenters. The predicted octanol–water partition coefficient (Wildman–Crippen LogP) is 1.99. The van der Waals surface area contributed by atoms with Gasteiger partial charge in [-0.1, -0.05) is 38.1 Å². The zero-order chi connectivity index (χ0) is 18.8. The van der Waals surface area contributed by atoms with Crippen molar-refractivity contribution in [3.05, 3.63) is 52.8 Å². The third kappa shape index (κ3) is 4.67. The normalized spacial score (nSPS) is 16.9. The van der Waals surface area contributed by atoms with E-state index in [9.17, 15) is 9.59 Å². The van der Waals surface area contributed by atoms with Gasteiger partial charge >= 0.3 is 0 Å². The van der Waals surface area contributed by atoms with Crippen LogP contribution in [-0.2, 0) is 6.54 Å². The maximum atomic E-state index is 12.4. The molecule has 3 rings (SSSR count). The van der Waals surface area contributed by atoms with Crippen molar-refractivity contribution >= 4 is 24.2 Å². The Morgan fingerprint density at radius 1 is 1.33 bits per heavy atom. The quantitative estimate of drug-likeness (QED) is 0.725. The van der Waals surface area contributed by atoms with E-state index in [2.05, 4.69) is 41.7 Å². The molecule has 4 N–H and O–H groups in total. The molecule has 0 saturated heterocycles. The Labute approximate surface area is 165 Å². The van der Waals surface area contributed by atoms with Crippen LogP contribution in [0.15, 0.2) is 30.3 Å². The molecule has 27 heavy (non-hydrogen) atoms. The lowest BCUT2D eigenvalue weighted by Crippen LogP contribution is -2.42. The van der Waals surface area contributed by atoms with Gasteiger partial charge in [-0.3, -0.25) is 14.3 Å². The Hall–Kier alpha value is -2.38. The molecule has 2 aromatic rings. The lowest BCUT2D eigenvalue weighted by molar-refractivity contribution is 0.0898. The topological polar surface area (TPSA) is 102 Å². The zero-order valence-electron chi connectivity index (χ0n) is 15.7. The minimum Gasteiger partial charge on any atom is -0.349 e. The second kappa shape index (κ2) is 8.54. The number of halogens is 1. The van der Waals surface area contributed by atoms with E-state index in [4.69, 9.17) is 5.73 Å². The van der Waals surface area contributed by atoms with E-state index in [-0.39, 0.29) is 42.0 Å². The molecule has 2 atom stereocenters. The highest BCUT2D eigenvalue weighted by molar-refractivity contribution is 5.98. The lowest BCUT2D eigenvalue weighted by atomic mass is 9.99. The summed E-state index contributed by atoms with van der Waals surface area (Å²) in [5.41, 5.74) is 9.03. The number of carbonyl (C=O) groups excluding carboxylic acids is 2. The summed E-state index contributed by atoms with van der Waals surface area (Å²) in [5, 5.41) is 9.85. The van der Waals surface area contributed by atoms with Crippen LogP contribution < -0.4 is 16.4 Å². The van der Waals surface area contributed by atoms with Gasteiger partial charge in [-0.15, -0.1) is 12.4 Å². The van der Waals surface area contributed by atoms with Crippen LogP contribution in [-0.4, -0.2) is 34.2 Å². The van der Waals surface area contributed by atoms with Crippen molar-refractivity contribution in [1.82, 2.24) is 20.4 Å². The summed E-state index contributed by atoms with van der Waals surface area (Å²) < 4.78 is 1.57. The molecule has 0 bridgehead atoms. The van der Waals surface area contributed by atoms with Crippen molar-refractivity contribution in [1.29, 1.82) is 0 Å². The molecule has 0 saturated carbocycles. The van der Waals surface area contributed by atoms with Gasteiger partial charge < -0.3 is 16.4 Å². The monoisotopic (exact) mass is 391 g/mol. The summed E-state index contributed by atoms with van der Waals surface area (Å²) in [4.78, 5) is 24.3. The largest absolute Gasteiger partial charge is 0.349 e. The Balaban J connectivity index is 0.00000261. The zero-order valence-corrected chi connectivity index (χ0v) is 16.5. The molecule has 0 aliphatic carbocycles. The van der Waals surface area contributed by atoms with Crippen LogP contribution in [0.2, 0.25) is 0 Å². The summed E-state index contributed by atoms with van der Waals surface area (Å²) in [5.74, 6) is -0.0781. The number of benzene rings is 1. The first-order valence-corrected chi connectivity index (χ1v) is 8.87. The van der Waals surface area contributed by atoms with Crippen LogP contribution in [0, 0.1) is 0 Å². The lowest BCUT2D eigenvalue weighted by Gasteiger charge is -2.20. The number of aromatic nitrogens is 2. The van der Waals surface area contributed by atoms with Crippen molar-refractivity contribution in [2.24, 2.45) is 5.73 Å². The van der Waals surface area contributed by atoms with E-state index in [1.807, 2.05) is 19.1 Å². The molecule has 1 aromatic carbocycles. The van der Waals surface area contributed by atoms with E-state index >= 15 is 0 Å². The van der Waals surface area contributed by atoms with Crippen molar-refractivity contribution in [2.45, 2.75) is 45.3 Å². The Morgan fingerprint density at radius 2 is 1.96 bits per heavy atom. The Bertz CT molecular complexity index is 816. The summed E-state index contributed by atoms with van der Waals surface area (Å²) in [6, 6.07) is 9.31. The minimum absolute atomic E-state index is 0. The van der Waals surface area contributed by atoms with Crippen LogP contribution in [0.3, 0.4) is 0 Å². The first-order chi connectivity index (χ1) is 12.3. The third-order valence-corrected chi connectivity index (χ3v) is 4.58. The second-order valence-electron chi connectivity index (χ2n) is 7.11. The molecule has 0 spiro atoms. The predicted molar refractivity (Wildman–Crippen MR) is 106 cm³/mol. The van der Waals surface area contributed by atoms with E-state index in [1.54, 1.807) is 4.68 Å². The van der Waals surface area contributed by atoms with Crippen LogP contribution in [0.4, 0.5) is 0 Å². The van der Waals surface area contributed by atoms with Crippen LogP contribution in [0.1, 0.15) is 64.8 Å². The average molecular weight is 392 g/mol. The van der Waals surface area contributed by atoms with Gasteiger partial charge in [-0.2, -0.15) is 5.10 Å². The molecular weight excluding hydrogens is 366 g/mol. The number of nitrogens with one attached hydrogen (secondary N) is 2. The van der Waals surface area contributed by atoms with E-state index in [0.29, 0.717) is 24.7 Å². The fourth-order valence-corrected chi connectivity index (χ4v) is 2.99. The van der Waals surface area contributed by atoms with Crippen LogP contribution >= 0.6 is 12.4 Å². The number of nitrogens with two attached hydrogens (primary N) is 1. The average Bonchev–Trinajstić information content (AvgIpc) is 3.04. The number of hydrogen-bond donors (Lipinski definition) is 3. The highest BCUT2D eigenvalue weighted by Crippen LogP contribution is 2.17. The molecule has 2 amide bonds. The molecule has 2 heterocycles. The molecular formula is C19H26ClN5O2. The standard InChI is InChI=1S/C19H25N5O2.ClH/c1-11(2)13-4-6-14(7-5-13)15(20)9-21-18(25)16-8-17-19(26)22-12(3)10-24(17)23-16;/h4-8,11-12,15H,9-10,20H2,1-3H3,(H,21,25)(H,22,26);1H. The fourth-order valence-electron chi connectivity index (χ4n) is 2.99. The Kier molecular flexibility index (Phi) is 6.62. The molecule has 1 aliphatic heterocycles. The van der Waals surface area contributed by atoms with E-state index in [1.165, 1.54) is 11.6 Å². The molecule has 0 radical (unpaired) electrons. The number of fused-ring (bicyclic) bond motifs is 1. The number of nitrogens with zero attached hydrogens (tertiary/aromatic N) is 2. The summed E-state index contributed by atoms with van der Waals surface area (Å²) in [6.07, 6.45) is 0. The number of hydrogen-bond acceptors (Lipinski definition) is 4.